The van der Waals surface area contributed by atoms with Gasteiger partial charge in [0.15, 0.2) is 0 Å². The fourth-order valence-corrected chi connectivity index (χ4v) is 4.09. The van der Waals surface area contributed by atoms with Crippen LogP contribution in [0.1, 0.15) is 6.42 Å². The summed E-state index contributed by atoms with van der Waals surface area (Å²) in [5.74, 6) is 0.424. The van der Waals surface area contributed by atoms with Gasteiger partial charge in [0.2, 0.25) is 5.88 Å². The normalized spacial score (nSPS) is 25.0. The molecule has 1 atom stereocenters. The average Bonchev–Trinajstić information content (AvgIpc) is 2.98. The molecule has 0 amide bonds. The maximum atomic E-state index is 12.5. The highest BCUT2D eigenvalue weighted by Gasteiger charge is 2.37. The summed E-state index contributed by atoms with van der Waals surface area (Å²) >= 11 is 0. The van der Waals surface area contributed by atoms with Crippen molar-refractivity contribution in [3.63, 3.8) is 0 Å². The molecule has 3 rings (SSSR count). The van der Waals surface area contributed by atoms with Crippen molar-refractivity contribution >= 4 is 10.2 Å². The van der Waals surface area contributed by atoms with Crippen molar-refractivity contribution < 1.29 is 17.9 Å². The highest BCUT2D eigenvalue weighted by molar-refractivity contribution is 7.86. The molecule has 2 aliphatic rings. The second-order valence-corrected chi connectivity index (χ2v) is 6.90. The molecule has 2 aliphatic heterocycles. The van der Waals surface area contributed by atoms with Gasteiger partial charge in [-0.15, -0.1) is 5.10 Å². The number of morpholine rings is 1. The Labute approximate surface area is 123 Å². The van der Waals surface area contributed by atoms with Crippen molar-refractivity contribution in [1.82, 2.24) is 18.8 Å². The molecule has 0 saturated carbocycles. The van der Waals surface area contributed by atoms with Crippen LogP contribution in [0.4, 0.5) is 0 Å². The van der Waals surface area contributed by atoms with E-state index in [2.05, 4.69) is 10.2 Å². The molecule has 0 bridgehead atoms. The highest BCUT2D eigenvalue weighted by atomic mass is 32.2. The van der Waals surface area contributed by atoms with E-state index < -0.39 is 10.2 Å². The number of nitrogens with zero attached hydrogens (tertiary/aromatic N) is 4. The fourth-order valence-electron chi connectivity index (χ4n) is 2.47. The van der Waals surface area contributed by atoms with Gasteiger partial charge in [0.25, 0.3) is 10.2 Å². The molecule has 0 aliphatic carbocycles. The number of hydrogen-bond acceptors (Lipinski definition) is 6. The van der Waals surface area contributed by atoms with Crippen molar-refractivity contribution in [2.45, 2.75) is 12.5 Å². The summed E-state index contributed by atoms with van der Waals surface area (Å²) < 4.78 is 38.8. The number of ether oxygens (including phenoxy) is 2. The topological polar surface area (TPSA) is 84.9 Å². The van der Waals surface area contributed by atoms with E-state index in [1.807, 2.05) is 0 Å². The molecule has 3 heterocycles. The smallest absolute Gasteiger partial charge is 0.282 e. The molecular weight excluding hydrogens is 296 g/mol. The van der Waals surface area contributed by atoms with Gasteiger partial charge in [-0.05, 0) is 12.5 Å². The molecule has 8 nitrogen and oxygen atoms in total. The minimum absolute atomic E-state index is 0.183. The molecule has 1 unspecified atom stereocenters. The molecule has 2 fully saturated rings. The Morgan fingerprint density at radius 1 is 1.24 bits per heavy atom. The number of aromatic nitrogens is 2. The first-order valence-electron chi connectivity index (χ1n) is 6.93. The minimum Gasteiger partial charge on any atom is -0.472 e. The monoisotopic (exact) mass is 314 g/mol. The summed E-state index contributed by atoms with van der Waals surface area (Å²) in [5.41, 5.74) is 0. The molecule has 0 radical (unpaired) electrons. The van der Waals surface area contributed by atoms with E-state index in [0.29, 0.717) is 51.7 Å². The van der Waals surface area contributed by atoms with Crippen LogP contribution in [0.25, 0.3) is 0 Å². The summed E-state index contributed by atoms with van der Waals surface area (Å²) in [6.45, 7) is 2.53. The highest BCUT2D eigenvalue weighted by Crippen LogP contribution is 2.21. The van der Waals surface area contributed by atoms with Crippen LogP contribution in [-0.2, 0) is 14.9 Å². The third kappa shape index (κ3) is 3.31. The van der Waals surface area contributed by atoms with Gasteiger partial charge in [-0.3, -0.25) is 0 Å². The van der Waals surface area contributed by atoms with Crippen LogP contribution in [0.5, 0.6) is 5.88 Å². The second kappa shape index (κ2) is 6.22. The van der Waals surface area contributed by atoms with Crippen LogP contribution < -0.4 is 4.74 Å². The molecular formula is C12H18N4O4S. The Hall–Kier alpha value is -1.29. The van der Waals surface area contributed by atoms with Crippen molar-refractivity contribution in [3.8, 4) is 5.88 Å². The molecule has 2 saturated heterocycles. The summed E-state index contributed by atoms with van der Waals surface area (Å²) in [4.78, 5) is 0. The minimum atomic E-state index is -3.42. The van der Waals surface area contributed by atoms with E-state index in [-0.39, 0.29) is 6.10 Å². The summed E-state index contributed by atoms with van der Waals surface area (Å²) in [5, 5.41) is 7.59. The molecule has 1 aromatic heterocycles. The Balaban J connectivity index is 1.61. The molecule has 0 N–H and O–H groups in total. The maximum absolute atomic E-state index is 12.5. The van der Waals surface area contributed by atoms with Crippen LogP contribution in [0.15, 0.2) is 18.3 Å². The van der Waals surface area contributed by atoms with Gasteiger partial charge in [-0.25, -0.2) is 0 Å². The predicted molar refractivity (Wildman–Crippen MR) is 73.9 cm³/mol. The van der Waals surface area contributed by atoms with Gasteiger partial charge < -0.3 is 9.47 Å². The zero-order chi connectivity index (χ0) is 14.7. The first-order valence-corrected chi connectivity index (χ1v) is 8.33. The Morgan fingerprint density at radius 3 is 2.76 bits per heavy atom. The molecule has 21 heavy (non-hydrogen) atoms. The third-order valence-corrected chi connectivity index (χ3v) is 5.57. The quantitative estimate of drug-likeness (QED) is 0.745. The molecule has 0 aromatic carbocycles. The van der Waals surface area contributed by atoms with E-state index in [1.165, 1.54) is 8.61 Å². The summed E-state index contributed by atoms with van der Waals surface area (Å²) in [7, 11) is -3.42. The Kier molecular flexibility index (Phi) is 4.34. The lowest BCUT2D eigenvalue weighted by Gasteiger charge is -2.29. The van der Waals surface area contributed by atoms with Gasteiger partial charge in [0, 0.05) is 31.9 Å². The van der Waals surface area contributed by atoms with Gasteiger partial charge in [-0.2, -0.15) is 22.1 Å². The van der Waals surface area contributed by atoms with Crippen molar-refractivity contribution in [1.29, 1.82) is 0 Å². The van der Waals surface area contributed by atoms with Gasteiger partial charge >= 0.3 is 0 Å². The van der Waals surface area contributed by atoms with Gasteiger partial charge in [0.05, 0.1) is 19.8 Å². The Bertz CT molecular complexity index is 562. The van der Waals surface area contributed by atoms with Crippen molar-refractivity contribution in [3.05, 3.63) is 18.3 Å². The predicted octanol–water partition coefficient (Wildman–Crippen LogP) is -0.493. The fraction of sp³-hybridized carbons (Fsp3) is 0.667. The van der Waals surface area contributed by atoms with Gasteiger partial charge in [-0.1, -0.05) is 0 Å². The number of hydrogen-bond donors (Lipinski definition) is 0. The van der Waals surface area contributed by atoms with Gasteiger partial charge in [0.1, 0.15) is 6.10 Å². The SMILES string of the molecule is O=S(=O)(N1CCOCC1)N1CCC(Oc2cccnn2)C1. The van der Waals surface area contributed by atoms with E-state index in [4.69, 9.17) is 9.47 Å². The number of rotatable bonds is 4. The van der Waals surface area contributed by atoms with Crippen LogP contribution in [0.2, 0.25) is 0 Å². The molecule has 116 valence electrons. The zero-order valence-electron chi connectivity index (χ0n) is 11.6. The van der Waals surface area contributed by atoms with E-state index in [9.17, 15) is 8.42 Å². The van der Waals surface area contributed by atoms with Crippen LogP contribution in [0, 0.1) is 0 Å². The van der Waals surface area contributed by atoms with E-state index in [1.54, 1.807) is 18.3 Å². The average molecular weight is 314 g/mol. The Morgan fingerprint density at radius 2 is 2.05 bits per heavy atom. The third-order valence-electron chi connectivity index (χ3n) is 3.57. The lowest BCUT2D eigenvalue weighted by Crippen LogP contribution is -2.48. The first kappa shape index (κ1) is 14.6. The first-order chi connectivity index (χ1) is 10.2. The standard InChI is InChI=1S/C12H18N4O4S/c17-21(18,15-6-8-19-9-7-15)16-5-3-11(10-16)20-12-2-1-4-13-14-12/h1-2,4,11H,3,5-10H2. The van der Waals surface area contributed by atoms with E-state index in [0.717, 1.165) is 0 Å². The molecule has 1 aromatic rings. The lowest BCUT2D eigenvalue weighted by atomic mass is 10.3. The summed E-state index contributed by atoms with van der Waals surface area (Å²) in [6.07, 6.45) is 2.04. The van der Waals surface area contributed by atoms with Crippen LogP contribution in [-0.4, -0.2) is 72.7 Å². The second-order valence-electron chi connectivity index (χ2n) is 4.97. The molecule has 9 heteroatoms. The van der Waals surface area contributed by atoms with Crippen LogP contribution >= 0.6 is 0 Å². The lowest BCUT2D eigenvalue weighted by molar-refractivity contribution is 0.0703. The van der Waals surface area contributed by atoms with E-state index >= 15 is 0 Å². The molecule has 0 spiro atoms. The summed E-state index contributed by atoms with van der Waals surface area (Å²) in [6, 6.07) is 3.45. The van der Waals surface area contributed by atoms with Crippen LogP contribution in [0.3, 0.4) is 0 Å². The zero-order valence-corrected chi connectivity index (χ0v) is 12.4. The largest absolute Gasteiger partial charge is 0.472 e. The van der Waals surface area contributed by atoms with Crippen molar-refractivity contribution in [2.75, 3.05) is 39.4 Å². The van der Waals surface area contributed by atoms with Crippen molar-refractivity contribution in [2.24, 2.45) is 0 Å². The maximum Gasteiger partial charge on any atom is 0.282 e.